The van der Waals surface area contributed by atoms with Gasteiger partial charge in [-0.15, -0.1) is 0 Å². The first-order valence-electron chi connectivity index (χ1n) is 44.1. The van der Waals surface area contributed by atoms with E-state index in [9.17, 15) is 0 Å². The molecule has 0 saturated carbocycles. The molecule has 0 fully saturated rings. The molecule has 0 amide bonds. The molecule has 1 unspecified atom stereocenters. The van der Waals surface area contributed by atoms with Gasteiger partial charge in [-0.1, -0.05) is 416 Å². The van der Waals surface area contributed by atoms with Crippen molar-refractivity contribution in [1.29, 1.82) is 0 Å². The summed E-state index contributed by atoms with van der Waals surface area (Å²) in [6.45, 7) is 42.5. The van der Waals surface area contributed by atoms with Gasteiger partial charge in [0.15, 0.2) is 0 Å². The summed E-state index contributed by atoms with van der Waals surface area (Å²) in [7, 11) is 0. The first-order chi connectivity index (χ1) is 58.3. The summed E-state index contributed by atoms with van der Waals surface area (Å²) in [6.07, 6.45) is 0. The third-order valence-corrected chi connectivity index (χ3v) is 26.6. The van der Waals surface area contributed by atoms with Crippen LogP contribution in [0.15, 0.2) is 346 Å². The van der Waals surface area contributed by atoms with Crippen molar-refractivity contribution in [3.8, 4) is 89.0 Å². The first-order valence-corrected chi connectivity index (χ1v) is 44.1. The number of hydrogen-bond acceptors (Lipinski definition) is 2. The van der Waals surface area contributed by atoms with E-state index in [1.54, 1.807) is 0 Å². The second-order valence-electron chi connectivity index (χ2n) is 40.9. The molecule has 3 aliphatic rings. The van der Waals surface area contributed by atoms with E-state index < -0.39 is 5.41 Å². The van der Waals surface area contributed by atoms with Gasteiger partial charge in [-0.25, -0.2) is 0 Å². The number of nitrogens with zero attached hydrogens (tertiary/aromatic N) is 2. The lowest BCUT2D eigenvalue weighted by molar-refractivity contribution is 0.568. The van der Waals surface area contributed by atoms with Crippen LogP contribution in [0, 0.1) is 0 Å². The molecule has 0 radical (unpaired) electrons. The Morgan fingerprint density at radius 1 is 0.213 bits per heavy atom. The minimum atomic E-state index is -0.733. The molecule has 122 heavy (non-hydrogen) atoms. The zero-order chi connectivity index (χ0) is 84.9. The minimum Gasteiger partial charge on any atom is -0.310 e. The molecular weight excluding hydrogens is 1470 g/mol. The van der Waals surface area contributed by atoms with Crippen molar-refractivity contribution >= 4 is 68.0 Å². The quantitative estimate of drug-likeness (QED) is 0.119. The highest BCUT2D eigenvalue weighted by atomic mass is 15.2. The van der Waals surface area contributed by atoms with Gasteiger partial charge in [0.1, 0.15) is 0 Å². The van der Waals surface area contributed by atoms with E-state index in [1.165, 1.54) is 127 Å². The summed E-state index contributed by atoms with van der Waals surface area (Å²) in [6, 6.07) is 135. The fourth-order valence-electron chi connectivity index (χ4n) is 19.8. The van der Waals surface area contributed by atoms with Gasteiger partial charge < -0.3 is 9.80 Å². The van der Waals surface area contributed by atoms with E-state index in [4.69, 9.17) is 0 Å². The lowest BCUT2D eigenvalue weighted by Crippen LogP contribution is -2.61. The summed E-state index contributed by atoms with van der Waals surface area (Å²) in [5, 5.41) is 2.43. The van der Waals surface area contributed by atoms with Gasteiger partial charge >= 0.3 is 0 Å². The highest BCUT2D eigenvalue weighted by Gasteiger charge is 2.50. The molecule has 0 bridgehead atoms. The minimum absolute atomic E-state index is 0.128. The van der Waals surface area contributed by atoms with Crippen molar-refractivity contribution in [2.75, 3.05) is 9.80 Å². The SMILES string of the molecule is CC(C)(C)c1cc(-c2ccc3c(c2)N(c2c(-c4ccccc4)cc(C(C)(C)C)cc2-c2ccccc2)c2cc(-c4cc(C(C)(C)C)cc(C(C)(C)C)c4)cc4c2B3c2ccc(-c3cccc5c3C(c3ccccc3)(c3ccc6ccccc6c3)c3ccccc3-5)cc2N4c2c(-c3ccccc3)cc(C(C)(C)C)cc2-c2ccccc2)cc(C(C)(C)C)c1. The fraction of sp³-hybridized carbons (Fsp3) is 0.210. The van der Waals surface area contributed by atoms with Crippen molar-refractivity contribution in [2.24, 2.45) is 0 Å². The average Bonchev–Trinajstić information content (AvgIpc) is 1.06. The Labute approximate surface area is 725 Å². The van der Waals surface area contributed by atoms with Crippen molar-refractivity contribution in [2.45, 2.75) is 163 Å². The van der Waals surface area contributed by atoms with Crippen LogP contribution < -0.4 is 26.2 Å². The fourth-order valence-corrected chi connectivity index (χ4v) is 19.8. The molecule has 0 N–H and O–H groups in total. The second-order valence-corrected chi connectivity index (χ2v) is 40.9. The molecule has 0 aromatic heterocycles. The molecule has 1 aliphatic carbocycles. The predicted molar refractivity (Wildman–Crippen MR) is 526 cm³/mol. The summed E-state index contributed by atoms with van der Waals surface area (Å²) < 4.78 is 0. The molecule has 16 aromatic rings. The van der Waals surface area contributed by atoms with E-state index in [0.29, 0.717) is 0 Å². The van der Waals surface area contributed by atoms with Crippen LogP contribution in [0.25, 0.3) is 99.8 Å². The van der Waals surface area contributed by atoms with Gasteiger partial charge in [0, 0.05) is 45.0 Å². The number of benzene rings is 16. The largest absolute Gasteiger partial charge is 0.310 e. The Hall–Kier alpha value is -12.6. The Morgan fingerprint density at radius 2 is 0.549 bits per heavy atom. The maximum absolute atomic E-state index is 2.79. The molecule has 19 rings (SSSR count). The Morgan fingerprint density at radius 3 is 0.984 bits per heavy atom. The highest BCUT2D eigenvalue weighted by molar-refractivity contribution is 7.00. The molecule has 2 aliphatic heterocycles. The zero-order valence-electron chi connectivity index (χ0n) is 74.4. The van der Waals surface area contributed by atoms with Crippen LogP contribution >= 0.6 is 0 Å². The number of hydrogen-bond donors (Lipinski definition) is 0. The number of anilines is 6. The Bertz CT molecular complexity index is 6600. The molecule has 3 heteroatoms. The van der Waals surface area contributed by atoms with E-state index in [0.717, 1.165) is 78.6 Å². The van der Waals surface area contributed by atoms with Crippen molar-refractivity contribution in [1.82, 2.24) is 0 Å². The maximum atomic E-state index is 2.79. The molecule has 0 saturated heterocycles. The zero-order valence-corrected chi connectivity index (χ0v) is 74.4. The molecule has 2 heterocycles. The van der Waals surface area contributed by atoms with E-state index >= 15 is 0 Å². The Balaban J connectivity index is 1.02. The first kappa shape index (κ1) is 79.2. The monoisotopic (exact) mass is 1580 g/mol. The second kappa shape index (κ2) is 29.4. The van der Waals surface area contributed by atoms with Crippen molar-refractivity contribution in [3.63, 3.8) is 0 Å². The van der Waals surface area contributed by atoms with E-state index in [1.807, 2.05) is 0 Å². The van der Waals surface area contributed by atoms with Crippen LogP contribution in [0.5, 0.6) is 0 Å². The van der Waals surface area contributed by atoms with Crippen LogP contribution in [0.1, 0.15) is 180 Å². The third kappa shape index (κ3) is 13.7. The smallest absolute Gasteiger partial charge is 0.252 e. The van der Waals surface area contributed by atoms with Crippen LogP contribution in [0.4, 0.5) is 34.1 Å². The van der Waals surface area contributed by atoms with Crippen LogP contribution in [0.2, 0.25) is 0 Å². The lowest BCUT2D eigenvalue weighted by Gasteiger charge is -2.46. The van der Waals surface area contributed by atoms with Crippen molar-refractivity contribution in [3.05, 3.63) is 401 Å². The van der Waals surface area contributed by atoms with Gasteiger partial charge in [-0.3, -0.25) is 0 Å². The van der Waals surface area contributed by atoms with Crippen LogP contribution in [0.3, 0.4) is 0 Å². The third-order valence-electron chi connectivity index (χ3n) is 26.6. The van der Waals surface area contributed by atoms with Crippen LogP contribution in [-0.4, -0.2) is 6.71 Å². The van der Waals surface area contributed by atoms with Gasteiger partial charge in [0.2, 0.25) is 0 Å². The normalized spacial score (nSPS) is 14.5. The van der Waals surface area contributed by atoms with Gasteiger partial charge in [-0.05, 0) is 237 Å². The van der Waals surface area contributed by atoms with Gasteiger partial charge in [-0.2, -0.15) is 0 Å². The molecule has 1 atom stereocenters. The molecule has 16 aromatic carbocycles. The standard InChI is InChI=1S/C119H111BN2/c1-113(2,3)89-62-84(63-90(70-89)114(4,5)6)82-56-59-103-105(66-82)121(111-98(77-40-24-19-25-41-77)72-93(117(13,14)15)73-99(111)78-42-26-20-27-43-78)107-68-86(85-64-91(115(7,8)9)71-92(65-85)116(10,11)12)69-108-110(107)120(103)104-60-57-83(67-106(104)122(108)112-100(79-44-28-21-29-45-79)74-94(118(16,17)18)75-101(112)80-46-30-22-31-47-80)95-52-38-53-97-96-51-36-37-54-102(96)119(109(95)97,87-49-32-23-33-50-87)88-58-55-76-39-34-35-48-81(76)61-88/h19-75H,1-18H3. The van der Waals surface area contributed by atoms with Gasteiger partial charge in [0.05, 0.1) is 16.8 Å². The molecule has 2 nitrogen and oxygen atoms in total. The van der Waals surface area contributed by atoms with E-state index in [-0.39, 0.29) is 39.2 Å². The predicted octanol–water partition coefficient (Wildman–Crippen LogP) is 30.7. The van der Waals surface area contributed by atoms with E-state index in [2.05, 4.69) is 480 Å². The number of fused-ring (bicyclic) bond motifs is 8. The molecule has 600 valence electrons. The summed E-state index contributed by atoms with van der Waals surface area (Å²) in [5.41, 5.74) is 40.2. The average molecular weight is 1580 g/mol. The summed E-state index contributed by atoms with van der Waals surface area (Å²) in [5.74, 6) is 0. The topological polar surface area (TPSA) is 6.48 Å². The van der Waals surface area contributed by atoms with Crippen LogP contribution in [-0.2, 0) is 37.9 Å². The van der Waals surface area contributed by atoms with Gasteiger partial charge in [0.25, 0.3) is 6.71 Å². The number of rotatable bonds is 11. The summed E-state index contributed by atoms with van der Waals surface area (Å²) in [4.78, 5) is 5.57. The molecule has 0 spiro atoms. The summed E-state index contributed by atoms with van der Waals surface area (Å²) >= 11 is 0. The maximum Gasteiger partial charge on any atom is 0.252 e. The lowest BCUT2D eigenvalue weighted by atomic mass is 9.33. The van der Waals surface area contributed by atoms with Crippen molar-refractivity contribution < 1.29 is 0 Å². The Kier molecular flexibility index (Phi) is 19.1. The molecular formula is C119H111BN2. The highest BCUT2D eigenvalue weighted by Crippen LogP contribution is 2.61.